The number of carbonyl (C=O) groups is 2. The van der Waals surface area contributed by atoms with E-state index in [1.807, 2.05) is 0 Å². The van der Waals surface area contributed by atoms with Crippen molar-refractivity contribution < 1.29 is 27.5 Å². The molecule has 0 fully saturated rings. The molecular weight excluding hydrogens is 422 g/mol. The van der Waals surface area contributed by atoms with Crippen LogP contribution in [0.4, 0.5) is 0 Å². The molecule has 0 radical (unpaired) electrons. The van der Waals surface area contributed by atoms with Crippen molar-refractivity contribution in [1.29, 1.82) is 0 Å². The lowest BCUT2D eigenvalue weighted by Gasteiger charge is -2.13. The van der Waals surface area contributed by atoms with Gasteiger partial charge in [0.15, 0.2) is 11.5 Å². The van der Waals surface area contributed by atoms with Gasteiger partial charge in [0, 0.05) is 5.56 Å². The first-order valence-electron chi connectivity index (χ1n) is 9.62. The third-order valence-corrected chi connectivity index (χ3v) is 5.24. The fourth-order valence-corrected chi connectivity index (χ4v) is 3.07. The summed E-state index contributed by atoms with van der Waals surface area (Å²) in [5.74, 6) is 0.456. The standard InChI is InChI=1S/C21H27N3O6S/c1-14(2)10-11-30-18-9-6-16(13-19(18)29-3)21(26)24-23-20(25)12-15-4-7-17(8-5-15)31(22,27)28/h4-9,13-14H,10-12H2,1-3H3,(H,23,25)(H,24,26)(H2,22,27,28). The first kappa shape index (κ1) is 24.2. The van der Waals surface area contributed by atoms with Crippen molar-refractivity contribution in [2.45, 2.75) is 31.6 Å². The molecule has 0 saturated heterocycles. The minimum Gasteiger partial charge on any atom is -0.493 e. The summed E-state index contributed by atoms with van der Waals surface area (Å²) in [5, 5.41) is 5.04. The number of hydrogen-bond acceptors (Lipinski definition) is 6. The van der Waals surface area contributed by atoms with Gasteiger partial charge in [-0.1, -0.05) is 26.0 Å². The first-order valence-corrected chi connectivity index (χ1v) is 11.2. The van der Waals surface area contributed by atoms with Crippen molar-refractivity contribution in [3.63, 3.8) is 0 Å². The van der Waals surface area contributed by atoms with E-state index in [1.54, 1.807) is 12.1 Å². The van der Waals surface area contributed by atoms with Crippen molar-refractivity contribution in [3.05, 3.63) is 53.6 Å². The average molecular weight is 450 g/mol. The van der Waals surface area contributed by atoms with Crippen molar-refractivity contribution in [1.82, 2.24) is 10.9 Å². The third kappa shape index (κ3) is 7.58. The largest absolute Gasteiger partial charge is 0.493 e. The number of carbonyl (C=O) groups excluding carboxylic acids is 2. The number of rotatable bonds is 9. The molecule has 0 saturated carbocycles. The van der Waals surface area contributed by atoms with Gasteiger partial charge in [-0.3, -0.25) is 20.4 Å². The molecule has 2 aromatic carbocycles. The van der Waals surface area contributed by atoms with Crippen LogP contribution in [0.25, 0.3) is 0 Å². The molecule has 0 unspecified atom stereocenters. The van der Waals surface area contributed by atoms with E-state index in [0.29, 0.717) is 29.6 Å². The fourth-order valence-electron chi connectivity index (χ4n) is 2.56. The fraction of sp³-hybridized carbons (Fsp3) is 0.333. The van der Waals surface area contributed by atoms with Gasteiger partial charge in [0.25, 0.3) is 5.91 Å². The summed E-state index contributed by atoms with van der Waals surface area (Å²) in [6.45, 7) is 4.73. The van der Waals surface area contributed by atoms with Gasteiger partial charge in [-0.2, -0.15) is 0 Å². The summed E-state index contributed by atoms with van der Waals surface area (Å²) >= 11 is 0. The third-order valence-electron chi connectivity index (χ3n) is 4.31. The Morgan fingerprint density at radius 2 is 1.71 bits per heavy atom. The minimum absolute atomic E-state index is 0.0458. The van der Waals surface area contributed by atoms with Crippen LogP contribution in [-0.4, -0.2) is 33.9 Å². The van der Waals surface area contributed by atoms with E-state index < -0.39 is 21.8 Å². The summed E-state index contributed by atoms with van der Waals surface area (Å²) in [4.78, 5) is 24.4. The summed E-state index contributed by atoms with van der Waals surface area (Å²) in [6, 6.07) is 10.3. The van der Waals surface area contributed by atoms with Crippen LogP contribution in [0.5, 0.6) is 11.5 Å². The van der Waals surface area contributed by atoms with E-state index in [2.05, 4.69) is 24.7 Å². The zero-order valence-electron chi connectivity index (χ0n) is 17.7. The quantitative estimate of drug-likeness (QED) is 0.499. The second kappa shape index (κ2) is 10.8. The molecule has 0 aromatic heterocycles. The van der Waals surface area contributed by atoms with Crippen LogP contribution in [0.15, 0.2) is 47.4 Å². The molecule has 0 bridgehead atoms. The highest BCUT2D eigenvalue weighted by Gasteiger charge is 2.13. The maximum atomic E-state index is 12.3. The highest BCUT2D eigenvalue weighted by Crippen LogP contribution is 2.28. The normalized spacial score (nSPS) is 11.1. The Bertz CT molecular complexity index is 1020. The summed E-state index contributed by atoms with van der Waals surface area (Å²) in [7, 11) is -2.31. The topological polar surface area (TPSA) is 137 Å². The van der Waals surface area contributed by atoms with Crippen molar-refractivity contribution in [2.75, 3.05) is 13.7 Å². The van der Waals surface area contributed by atoms with Crippen molar-refractivity contribution in [2.24, 2.45) is 11.1 Å². The Morgan fingerprint density at radius 1 is 1.03 bits per heavy atom. The van der Waals surface area contributed by atoms with Crippen LogP contribution in [0.2, 0.25) is 0 Å². The molecule has 0 heterocycles. The van der Waals surface area contributed by atoms with Gasteiger partial charge in [-0.15, -0.1) is 0 Å². The van der Waals surface area contributed by atoms with Gasteiger partial charge in [0.1, 0.15) is 0 Å². The molecule has 2 aromatic rings. The molecule has 2 rings (SSSR count). The van der Waals surface area contributed by atoms with Gasteiger partial charge in [-0.05, 0) is 48.2 Å². The zero-order valence-corrected chi connectivity index (χ0v) is 18.5. The molecular formula is C21H27N3O6S. The maximum absolute atomic E-state index is 12.3. The average Bonchev–Trinajstić information content (AvgIpc) is 2.71. The van der Waals surface area contributed by atoms with Crippen molar-refractivity contribution in [3.8, 4) is 11.5 Å². The SMILES string of the molecule is COc1cc(C(=O)NNC(=O)Cc2ccc(S(N)(=O)=O)cc2)ccc1OCCC(C)C. The number of methoxy groups -OCH3 is 1. The molecule has 0 aliphatic rings. The monoisotopic (exact) mass is 449 g/mol. The van der Waals surface area contributed by atoms with Crippen LogP contribution < -0.4 is 25.5 Å². The number of benzene rings is 2. The second-order valence-corrected chi connectivity index (χ2v) is 8.83. The van der Waals surface area contributed by atoms with Gasteiger partial charge < -0.3 is 9.47 Å². The molecule has 4 N–H and O–H groups in total. The minimum atomic E-state index is -3.80. The molecule has 168 valence electrons. The Kier molecular flexibility index (Phi) is 8.40. The van der Waals surface area contributed by atoms with E-state index >= 15 is 0 Å². The lowest BCUT2D eigenvalue weighted by Crippen LogP contribution is -2.42. The van der Waals surface area contributed by atoms with E-state index in [9.17, 15) is 18.0 Å². The first-order chi connectivity index (χ1) is 14.6. The molecule has 0 aliphatic carbocycles. The smallest absolute Gasteiger partial charge is 0.269 e. The number of ether oxygens (including phenoxy) is 2. The number of amides is 2. The molecule has 0 spiro atoms. The maximum Gasteiger partial charge on any atom is 0.269 e. The van der Waals surface area contributed by atoms with E-state index in [4.69, 9.17) is 14.6 Å². The number of nitrogens with one attached hydrogen (secondary N) is 2. The molecule has 10 heteroatoms. The zero-order chi connectivity index (χ0) is 23.0. The Morgan fingerprint density at radius 3 is 2.29 bits per heavy atom. The van der Waals surface area contributed by atoms with Crippen LogP contribution in [0.1, 0.15) is 36.2 Å². The van der Waals surface area contributed by atoms with Crippen molar-refractivity contribution >= 4 is 21.8 Å². The van der Waals surface area contributed by atoms with Crippen LogP contribution in [0.3, 0.4) is 0 Å². The summed E-state index contributed by atoms with van der Waals surface area (Å²) < 4.78 is 33.5. The molecule has 9 nitrogen and oxygen atoms in total. The van der Waals surface area contributed by atoms with Crippen LogP contribution in [0, 0.1) is 5.92 Å². The number of hydrogen-bond donors (Lipinski definition) is 3. The van der Waals surface area contributed by atoms with Crippen LogP contribution in [-0.2, 0) is 21.2 Å². The number of hydrazine groups is 1. The number of sulfonamides is 1. The van der Waals surface area contributed by atoms with Gasteiger partial charge in [-0.25, -0.2) is 13.6 Å². The van der Waals surface area contributed by atoms with E-state index in [1.165, 1.54) is 37.4 Å². The second-order valence-electron chi connectivity index (χ2n) is 7.26. The molecule has 0 aliphatic heterocycles. The molecule has 2 amide bonds. The lowest BCUT2D eigenvalue weighted by atomic mass is 10.1. The number of primary sulfonamides is 1. The molecule has 0 atom stereocenters. The van der Waals surface area contributed by atoms with Gasteiger partial charge in [0.2, 0.25) is 15.9 Å². The van der Waals surface area contributed by atoms with E-state index in [-0.39, 0.29) is 16.9 Å². The summed E-state index contributed by atoms with van der Waals surface area (Å²) in [6.07, 6.45) is 0.833. The van der Waals surface area contributed by atoms with Gasteiger partial charge >= 0.3 is 0 Å². The van der Waals surface area contributed by atoms with Gasteiger partial charge in [0.05, 0.1) is 25.0 Å². The molecule has 31 heavy (non-hydrogen) atoms. The Hall–Kier alpha value is -3.11. The predicted octanol–water partition coefficient (Wildman–Crippen LogP) is 1.77. The van der Waals surface area contributed by atoms with Crippen LogP contribution >= 0.6 is 0 Å². The highest BCUT2D eigenvalue weighted by molar-refractivity contribution is 7.89. The number of nitrogens with two attached hydrogens (primary N) is 1. The Balaban J connectivity index is 1.91. The Labute approximate surface area is 181 Å². The highest BCUT2D eigenvalue weighted by atomic mass is 32.2. The predicted molar refractivity (Wildman–Crippen MR) is 115 cm³/mol. The van der Waals surface area contributed by atoms with E-state index in [0.717, 1.165) is 6.42 Å². The lowest BCUT2D eigenvalue weighted by molar-refractivity contribution is -0.121. The summed E-state index contributed by atoms with van der Waals surface area (Å²) in [5.41, 5.74) is 5.49.